The molecule has 0 atom stereocenters. The molecule has 0 saturated heterocycles. The van der Waals surface area contributed by atoms with Crippen LogP contribution in [0.25, 0.3) is 0 Å². The van der Waals surface area contributed by atoms with Gasteiger partial charge in [-0.3, -0.25) is 0 Å². The molecule has 0 bridgehead atoms. The Kier molecular flexibility index (Phi) is 3.84. The highest BCUT2D eigenvalue weighted by Gasteiger charge is 2.04. The quantitative estimate of drug-likeness (QED) is 0.909. The molecular weight excluding hydrogens is 253 g/mol. The topological polar surface area (TPSA) is 35.2 Å². The number of aryl methyl sites for hydroxylation is 1. The van der Waals surface area contributed by atoms with Crippen molar-refractivity contribution in [1.29, 1.82) is 0 Å². The lowest BCUT2D eigenvalue weighted by Gasteiger charge is -2.09. The summed E-state index contributed by atoms with van der Waals surface area (Å²) in [7, 11) is 0. The van der Waals surface area contributed by atoms with Gasteiger partial charge in [-0.15, -0.1) is 0 Å². The lowest BCUT2D eigenvalue weighted by Crippen LogP contribution is -1.98. The number of nitrogens with two attached hydrogens (primary N) is 1. The number of rotatable bonds is 3. The van der Waals surface area contributed by atoms with Gasteiger partial charge in [0, 0.05) is 12.6 Å². The first-order valence-electron chi connectivity index (χ1n) is 5.52. The van der Waals surface area contributed by atoms with Gasteiger partial charge in [0.05, 0.1) is 5.02 Å². The van der Waals surface area contributed by atoms with Crippen molar-refractivity contribution in [3.8, 4) is 11.5 Å². The first-order chi connectivity index (χ1) is 8.60. The van der Waals surface area contributed by atoms with Crippen LogP contribution in [0.4, 0.5) is 4.39 Å². The molecule has 0 aromatic heterocycles. The van der Waals surface area contributed by atoms with E-state index in [1.165, 1.54) is 12.1 Å². The molecule has 0 unspecified atom stereocenters. The Balaban J connectivity index is 2.23. The van der Waals surface area contributed by atoms with Gasteiger partial charge in [0.2, 0.25) is 0 Å². The Bertz CT molecular complexity index is 572. The van der Waals surface area contributed by atoms with Crippen LogP contribution in [0.3, 0.4) is 0 Å². The molecule has 2 aromatic rings. The highest BCUT2D eigenvalue weighted by molar-refractivity contribution is 6.30. The molecule has 4 heteroatoms. The van der Waals surface area contributed by atoms with E-state index >= 15 is 0 Å². The fourth-order valence-electron chi connectivity index (χ4n) is 1.64. The third-order valence-corrected chi connectivity index (χ3v) is 2.97. The maximum Gasteiger partial charge on any atom is 0.145 e. The van der Waals surface area contributed by atoms with Crippen molar-refractivity contribution in [2.45, 2.75) is 13.5 Å². The second kappa shape index (κ2) is 5.38. The van der Waals surface area contributed by atoms with Gasteiger partial charge in [0.1, 0.15) is 17.3 Å². The van der Waals surface area contributed by atoms with E-state index in [4.69, 9.17) is 22.1 Å². The Morgan fingerprint density at radius 2 is 1.83 bits per heavy atom. The zero-order chi connectivity index (χ0) is 13.1. The monoisotopic (exact) mass is 265 g/mol. The molecule has 18 heavy (non-hydrogen) atoms. The van der Waals surface area contributed by atoms with Crippen molar-refractivity contribution in [3.05, 3.63) is 58.4 Å². The average molecular weight is 266 g/mol. The molecule has 2 aromatic carbocycles. The predicted octanol–water partition coefficient (Wildman–Crippen LogP) is 4.04. The summed E-state index contributed by atoms with van der Waals surface area (Å²) in [5.74, 6) is 0.563. The van der Waals surface area contributed by atoms with Crippen molar-refractivity contribution < 1.29 is 9.13 Å². The van der Waals surface area contributed by atoms with Gasteiger partial charge in [-0.1, -0.05) is 17.7 Å². The molecule has 0 heterocycles. The van der Waals surface area contributed by atoms with Crippen molar-refractivity contribution >= 4 is 11.6 Å². The summed E-state index contributed by atoms with van der Waals surface area (Å²) in [4.78, 5) is 0. The summed E-state index contributed by atoms with van der Waals surface area (Å²) in [5, 5.41) is 0.0806. The minimum atomic E-state index is -0.496. The van der Waals surface area contributed by atoms with E-state index in [2.05, 4.69) is 0 Å². The standard InChI is InChI=1S/C14H13ClFNO/c1-9-6-11(3-2-10(9)8-17)18-12-4-5-13(15)14(16)7-12/h2-7H,8,17H2,1H3. The SMILES string of the molecule is Cc1cc(Oc2ccc(Cl)c(F)c2)ccc1CN. The van der Waals surface area contributed by atoms with E-state index in [1.54, 1.807) is 6.07 Å². The Labute approximate surface area is 110 Å². The van der Waals surface area contributed by atoms with Gasteiger partial charge < -0.3 is 10.5 Å². The third kappa shape index (κ3) is 2.81. The Morgan fingerprint density at radius 1 is 1.17 bits per heavy atom. The Hall–Kier alpha value is -1.58. The smallest absolute Gasteiger partial charge is 0.145 e. The minimum absolute atomic E-state index is 0.0806. The lowest BCUT2D eigenvalue weighted by atomic mass is 10.1. The molecule has 2 rings (SSSR count). The molecule has 0 amide bonds. The zero-order valence-electron chi connectivity index (χ0n) is 9.91. The first kappa shape index (κ1) is 12.9. The molecule has 0 aliphatic rings. The fourth-order valence-corrected chi connectivity index (χ4v) is 1.75. The van der Waals surface area contributed by atoms with E-state index in [-0.39, 0.29) is 5.02 Å². The van der Waals surface area contributed by atoms with Crippen molar-refractivity contribution in [1.82, 2.24) is 0 Å². The summed E-state index contributed by atoms with van der Waals surface area (Å²) in [6.07, 6.45) is 0. The highest BCUT2D eigenvalue weighted by Crippen LogP contribution is 2.26. The van der Waals surface area contributed by atoms with E-state index in [0.717, 1.165) is 11.1 Å². The number of hydrogen-bond donors (Lipinski definition) is 1. The van der Waals surface area contributed by atoms with Gasteiger partial charge in [-0.2, -0.15) is 0 Å². The molecule has 0 saturated carbocycles. The molecule has 2 nitrogen and oxygen atoms in total. The molecular formula is C14H13ClFNO. The van der Waals surface area contributed by atoms with Gasteiger partial charge in [-0.25, -0.2) is 4.39 Å². The van der Waals surface area contributed by atoms with E-state index < -0.39 is 5.82 Å². The van der Waals surface area contributed by atoms with Crippen molar-refractivity contribution in [2.75, 3.05) is 0 Å². The largest absolute Gasteiger partial charge is 0.457 e. The van der Waals surface area contributed by atoms with Crippen molar-refractivity contribution in [3.63, 3.8) is 0 Å². The summed E-state index contributed by atoms with van der Waals surface area (Å²) in [6, 6.07) is 9.92. The van der Waals surface area contributed by atoms with Gasteiger partial charge in [-0.05, 0) is 42.3 Å². The number of benzene rings is 2. The van der Waals surface area contributed by atoms with Crippen LogP contribution in [0.5, 0.6) is 11.5 Å². The van der Waals surface area contributed by atoms with E-state index in [9.17, 15) is 4.39 Å². The van der Waals surface area contributed by atoms with Gasteiger partial charge >= 0.3 is 0 Å². The Morgan fingerprint density at radius 3 is 2.44 bits per heavy atom. The van der Waals surface area contributed by atoms with Crippen LogP contribution in [0.15, 0.2) is 36.4 Å². The van der Waals surface area contributed by atoms with Crippen LogP contribution < -0.4 is 10.5 Å². The normalized spacial score (nSPS) is 10.4. The number of ether oxygens (including phenoxy) is 1. The molecule has 0 aliphatic heterocycles. The summed E-state index contributed by atoms with van der Waals surface area (Å²) >= 11 is 5.60. The predicted molar refractivity (Wildman–Crippen MR) is 70.6 cm³/mol. The van der Waals surface area contributed by atoms with Crippen LogP contribution in [0.2, 0.25) is 5.02 Å². The fraction of sp³-hybridized carbons (Fsp3) is 0.143. The van der Waals surface area contributed by atoms with Crippen LogP contribution in [-0.2, 0) is 6.54 Å². The number of hydrogen-bond acceptors (Lipinski definition) is 2. The molecule has 0 spiro atoms. The van der Waals surface area contributed by atoms with Crippen molar-refractivity contribution in [2.24, 2.45) is 5.73 Å². The zero-order valence-corrected chi connectivity index (χ0v) is 10.7. The van der Waals surface area contributed by atoms with Crippen LogP contribution in [-0.4, -0.2) is 0 Å². The second-order valence-corrected chi connectivity index (χ2v) is 4.38. The maximum absolute atomic E-state index is 13.3. The van der Waals surface area contributed by atoms with Crippen LogP contribution in [0, 0.1) is 12.7 Å². The van der Waals surface area contributed by atoms with Crippen LogP contribution >= 0.6 is 11.6 Å². The summed E-state index contributed by atoms with van der Waals surface area (Å²) in [6.45, 7) is 2.44. The number of halogens is 2. The second-order valence-electron chi connectivity index (χ2n) is 3.97. The lowest BCUT2D eigenvalue weighted by molar-refractivity contribution is 0.476. The average Bonchev–Trinajstić information content (AvgIpc) is 2.34. The summed E-state index contributed by atoms with van der Waals surface area (Å²) in [5.41, 5.74) is 7.69. The van der Waals surface area contributed by atoms with Gasteiger partial charge in [0.25, 0.3) is 0 Å². The molecule has 94 valence electrons. The summed E-state index contributed by atoms with van der Waals surface area (Å²) < 4.78 is 18.8. The molecule has 2 N–H and O–H groups in total. The molecule has 0 aliphatic carbocycles. The maximum atomic E-state index is 13.3. The first-order valence-corrected chi connectivity index (χ1v) is 5.90. The third-order valence-electron chi connectivity index (χ3n) is 2.66. The molecule has 0 fully saturated rings. The van der Waals surface area contributed by atoms with Gasteiger partial charge in [0.15, 0.2) is 0 Å². The molecule has 0 radical (unpaired) electrons. The van der Waals surface area contributed by atoms with E-state index in [1.807, 2.05) is 25.1 Å². The highest BCUT2D eigenvalue weighted by atomic mass is 35.5. The minimum Gasteiger partial charge on any atom is -0.457 e. The van der Waals surface area contributed by atoms with Crippen LogP contribution in [0.1, 0.15) is 11.1 Å². The van der Waals surface area contributed by atoms with E-state index in [0.29, 0.717) is 18.0 Å².